The Morgan fingerprint density at radius 2 is 1.14 bits per heavy atom. The van der Waals surface area contributed by atoms with Gasteiger partial charge in [-0.1, -0.05) is 42.5 Å². The van der Waals surface area contributed by atoms with Crippen LogP contribution in [0.1, 0.15) is 38.0 Å². The summed E-state index contributed by atoms with van der Waals surface area (Å²) in [4.78, 5) is 65.0. The lowest BCUT2D eigenvalue weighted by atomic mass is 10.2. The van der Waals surface area contributed by atoms with Crippen LogP contribution in [0.15, 0.2) is 84.9 Å². The standard InChI is InChI=1S/C27H21NO8/c1-2-34-25(31)19-14-9-15-20(16-19)28-23(29)21(35-26(32)17-10-5-3-6-11-17)22(24(28)30)36-27(33)18-12-7-4-8-13-18/h3-16,21-22H,2H2,1H3/t21-,22+. The second kappa shape index (κ2) is 10.6. The molecule has 2 atom stereocenters. The zero-order chi connectivity index (χ0) is 25.7. The number of benzene rings is 3. The molecule has 182 valence electrons. The van der Waals surface area contributed by atoms with Gasteiger partial charge >= 0.3 is 17.9 Å². The minimum absolute atomic E-state index is 0.0366. The Kier molecular flexibility index (Phi) is 7.20. The van der Waals surface area contributed by atoms with Gasteiger partial charge in [0.15, 0.2) is 0 Å². The van der Waals surface area contributed by atoms with Gasteiger partial charge in [0.25, 0.3) is 11.8 Å². The first-order chi connectivity index (χ1) is 17.4. The molecule has 1 aliphatic heterocycles. The number of imide groups is 1. The molecule has 1 saturated heterocycles. The lowest BCUT2D eigenvalue weighted by Crippen LogP contribution is -2.37. The van der Waals surface area contributed by atoms with E-state index in [-0.39, 0.29) is 29.0 Å². The van der Waals surface area contributed by atoms with Gasteiger partial charge in [-0.2, -0.15) is 0 Å². The summed E-state index contributed by atoms with van der Waals surface area (Å²) in [6.07, 6.45) is -3.46. The number of carbonyl (C=O) groups is 5. The lowest BCUT2D eigenvalue weighted by Gasteiger charge is -2.16. The molecule has 1 aliphatic rings. The van der Waals surface area contributed by atoms with Crippen LogP contribution in [-0.4, -0.2) is 48.5 Å². The van der Waals surface area contributed by atoms with Crippen molar-refractivity contribution in [1.82, 2.24) is 0 Å². The highest BCUT2D eigenvalue weighted by molar-refractivity contribution is 6.25. The van der Waals surface area contributed by atoms with Crippen molar-refractivity contribution in [2.75, 3.05) is 11.5 Å². The third kappa shape index (κ3) is 5.00. The zero-order valence-electron chi connectivity index (χ0n) is 19.2. The molecule has 9 heteroatoms. The molecular weight excluding hydrogens is 466 g/mol. The van der Waals surface area contributed by atoms with Gasteiger partial charge in [0, 0.05) is 0 Å². The maximum Gasteiger partial charge on any atom is 0.339 e. The Bertz CT molecular complexity index is 1230. The first-order valence-electron chi connectivity index (χ1n) is 11.1. The minimum atomic E-state index is -1.73. The first-order valence-corrected chi connectivity index (χ1v) is 11.1. The van der Waals surface area contributed by atoms with Gasteiger partial charge in [0.05, 0.1) is 29.0 Å². The summed E-state index contributed by atoms with van der Waals surface area (Å²) in [7, 11) is 0. The van der Waals surface area contributed by atoms with E-state index in [0.29, 0.717) is 0 Å². The molecule has 36 heavy (non-hydrogen) atoms. The van der Waals surface area contributed by atoms with Crippen molar-refractivity contribution in [2.24, 2.45) is 0 Å². The van der Waals surface area contributed by atoms with Crippen LogP contribution in [0.2, 0.25) is 0 Å². The van der Waals surface area contributed by atoms with Crippen LogP contribution in [0.4, 0.5) is 5.69 Å². The van der Waals surface area contributed by atoms with E-state index in [4.69, 9.17) is 14.2 Å². The SMILES string of the molecule is CCOC(=O)c1cccc(N2C(=O)[C@@H](OC(=O)c3ccccc3)[C@@H](OC(=O)c3ccccc3)C2=O)c1. The summed E-state index contributed by atoms with van der Waals surface area (Å²) in [6, 6.07) is 21.4. The Labute approximate surface area is 206 Å². The van der Waals surface area contributed by atoms with Crippen molar-refractivity contribution in [3.63, 3.8) is 0 Å². The molecule has 9 nitrogen and oxygen atoms in total. The largest absolute Gasteiger partial charge is 0.462 e. The van der Waals surface area contributed by atoms with Crippen molar-refractivity contribution in [2.45, 2.75) is 19.1 Å². The summed E-state index contributed by atoms with van der Waals surface area (Å²) in [5, 5.41) is 0. The molecule has 0 N–H and O–H groups in total. The fraction of sp³-hybridized carbons (Fsp3) is 0.148. The molecule has 4 rings (SSSR count). The van der Waals surface area contributed by atoms with Crippen LogP contribution in [0.3, 0.4) is 0 Å². The molecular formula is C27H21NO8. The van der Waals surface area contributed by atoms with Crippen LogP contribution in [-0.2, 0) is 23.8 Å². The predicted octanol–water partition coefficient (Wildman–Crippen LogP) is 3.19. The Morgan fingerprint density at radius 3 is 1.61 bits per heavy atom. The average molecular weight is 487 g/mol. The van der Waals surface area contributed by atoms with Crippen LogP contribution < -0.4 is 4.90 Å². The quantitative estimate of drug-likeness (QED) is 0.283. The fourth-order valence-corrected chi connectivity index (χ4v) is 3.60. The van der Waals surface area contributed by atoms with Gasteiger partial charge in [-0.05, 0) is 49.4 Å². The highest BCUT2D eigenvalue weighted by Crippen LogP contribution is 2.29. The Hall–Kier alpha value is -4.79. The molecule has 0 saturated carbocycles. The number of nitrogens with zero attached hydrogens (tertiary/aromatic N) is 1. The molecule has 3 aromatic carbocycles. The second-order valence-corrected chi connectivity index (χ2v) is 7.67. The van der Waals surface area contributed by atoms with Crippen molar-refractivity contribution >= 4 is 35.4 Å². The zero-order valence-corrected chi connectivity index (χ0v) is 19.2. The van der Waals surface area contributed by atoms with E-state index in [1.807, 2.05) is 0 Å². The second-order valence-electron chi connectivity index (χ2n) is 7.67. The highest BCUT2D eigenvalue weighted by Gasteiger charge is 2.53. The number of rotatable bonds is 7. The molecule has 0 bridgehead atoms. The van der Waals surface area contributed by atoms with E-state index >= 15 is 0 Å². The number of anilines is 1. The normalized spacial score (nSPS) is 17.0. The number of hydrogen-bond acceptors (Lipinski definition) is 8. The maximum absolute atomic E-state index is 13.3. The predicted molar refractivity (Wildman–Crippen MR) is 126 cm³/mol. The van der Waals surface area contributed by atoms with E-state index in [2.05, 4.69) is 0 Å². The summed E-state index contributed by atoms with van der Waals surface area (Å²) < 4.78 is 15.7. The molecule has 1 fully saturated rings. The van der Waals surface area contributed by atoms with Crippen molar-refractivity contribution in [1.29, 1.82) is 0 Å². The fourth-order valence-electron chi connectivity index (χ4n) is 3.60. The number of hydrogen-bond donors (Lipinski definition) is 0. The summed E-state index contributed by atoms with van der Waals surface area (Å²) in [6.45, 7) is 1.78. The van der Waals surface area contributed by atoms with E-state index in [1.165, 1.54) is 48.5 Å². The summed E-state index contributed by atoms with van der Waals surface area (Å²) in [5.41, 5.74) is 0.439. The van der Waals surface area contributed by atoms with Crippen molar-refractivity contribution in [3.05, 3.63) is 102 Å². The Morgan fingerprint density at radius 1 is 0.667 bits per heavy atom. The van der Waals surface area contributed by atoms with Crippen LogP contribution in [0, 0.1) is 0 Å². The molecule has 3 aromatic rings. The van der Waals surface area contributed by atoms with Crippen LogP contribution >= 0.6 is 0 Å². The van der Waals surface area contributed by atoms with E-state index in [1.54, 1.807) is 43.3 Å². The van der Waals surface area contributed by atoms with Gasteiger partial charge in [0.1, 0.15) is 0 Å². The summed E-state index contributed by atoms with van der Waals surface area (Å²) >= 11 is 0. The van der Waals surface area contributed by atoms with Gasteiger partial charge in [-0.15, -0.1) is 0 Å². The van der Waals surface area contributed by atoms with Crippen LogP contribution in [0.25, 0.3) is 0 Å². The Balaban J connectivity index is 1.67. The molecule has 0 spiro atoms. The smallest absolute Gasteiger partial charge is 0.339 e. The monoisotopic (exact) mass is 487 g/mol. The van der Waals surface area contributed by atoms with Crippen molar-refractivity contribution in [3.8, 4) is 0 Å². The number of amides is 2. The molecule has 0 aliphatic carbocycles. The maximum atomic E-state index is 13.3. The molecule has 2 amide bonds. The van der Waals surface area contributed by atoms with Gasteiger partial charge < -0.3 is 14.2 Å². The first kappa shape index (κ1) is 24.3. The summed E-state index contributed by atoms with van der Waals surface area (Å²) in [5.74, 6) is -4.22. The average Bonchev–Trinajstić information content (AvgIpc) is 3.13. The topological polar surface area (TPSA) is 116 Å². The van der Waals surface area contributed by atoms with E-state index < -0.39 is 41.9 Å². The third-order valence-electron chi connectivity index (χ3n) is 5.31. The number of carbonyl (C=O) groups excluding carboxylic acids is 5. The lowest BCUT2D eigenvalue weighted by molar-refractivity contribution is -0.130. The molecule has 0 unspecified atom stereocenters. The van der Waals surface area contributed by atoms with E-state index in [9.17, 15) is 24.0 Å². The van der Waals surface area contributed by atoms with Gasteiger partial charge in [0.2, 0.25) is 12.2 Å². The third-order valence-corrected chi connectivity index (χ3v) is 5.31. The molecule has 0 aromatic heterocycles. The van der Waals surface area contributed by atoms with Crippen LogP contribution in [0.5, 0.6) is 0 Å². The van der Waals surface area contributed by atoms with Crippen molar-refractivity contribution < 1.29 is 38.2 Å². The molecule has 1 heterocycles. The highest BCUT2D eigenvalue weighted by atomic mass is 16.6. The van der Waals surface area contributed by atoms with Gasteiger partial charge in [-0.25, -0.2) is 19.3 Å². The number of ether oxygens (including phenoxy) is 3. The van der Waals surface area contributed by atoms with Gasteiger partial charge in [-0.3, -0.25) is 9.59 Å². The number of esters is 3. The van der Waals surface area contributed by atoms with E-state index in [0.717, 1.165) is 4.90 Å². The molecule has 0 radical (unpaired) electrons. The minimum Gasteiger partial charge on any atom is -0.462 e.